The minimum absolute atomic E-state index is 0.0693. The Balaban J connectivity index is 3.16. The zero-order chi connectivity index (χ0) is 17.4. The fourth-order valence-corrected chi connectivity index (χ4v) is 4.42. The Morgan fingerprint density at radius 1 is 1.41 bits per heavy atom. The van der Waals surface area contributed by atoms with Gasteiger partial charge >= 0.3 is 5.97 Å². The summed E-state index contributed by atoms with van der Waals surface area (Å²) in [5.41, 5.74) is -0.342. The summed E-state index contributed by atoms with van der Waals surface area (Å²) in [6.45, 7) is 18.9. The number of allylic oxidation sites excluding steroid dienone is 1. The van der Waals surface area contributed by atoms with E-state index >= 15 is 0 Å². The standard InChI is InChI=1S/C17H29BrO3Si/c1-9-17(21-22(7,8)15(3,4)5)12-16(17,14(19)20-6)10-13(2)11-18/h9H,1-2,10-12H2,3-8H3. The molecule has 1 rings (SSSR count). The molecule has 0 saturated heterocycles. The fourth-order valence-electron chi connectivity index (χ4n) is 2.65. The summed E-state index contributed by atoms with van der Waals surface area (Å²) in [5, 5.41) is 0.735. The highest BCUT2D eigenvalue weighted by Crippen LogP contribution is 2.65. The van der Waals surface area contributed by atoms with Gasteiger partial charge in [-0.25, -0.2) is 0 Å². The Labute approximate surface area is 144 Å². The molecule has 0 aromatic heterocycles. The molecule has 1 saturated carbocycles. The van der Waals surface area contributed by atoms with Gasteiger partial charge in [0.1, 0.15) is 5.41 Å². The predicted molar refractivity (Wildman–Crippen MR) is 97.8 cm³/mol. The van der Waals surface area contributed by atoms with E-state index in [2.05, 4.69) is 63.0 Å². The molecule has 2 atom stereocenters. The molecule has 0 aromatic rings. The maximum Gasteiger partial charge on any atom is 0.315 e. The van der Waals surface area contributed by atoms with Crippen LogP contribution >= 0.6 is 15.9 Å². The van der Waals surface area contributed by atoms with Crippen LogP contribution in [-0.2, 0) is 14.0 Å². The van der Waals surface area contributed by atoms with Gasteiger partial charge in [-0.1, -0.05) is 54.9 Å². The first kappa shape index (κ1) is 19.7. The quantitative estimate of drug-likeness (QED) is 0.271. The molecule has 0 aromatic carbocycles. The first-order chi connectivity index (χ1) is 9.91. The maximum absolute atomic E-state index is 12.5. The molecule has 1 aliphatic rings. The smallest absolute Gasteiger partial charge is 0.315 e. The average Bonchev–Trinajstić information content (AvgIpc) is 3.04. The fraction of sp³-hybridized carbons (Fsp3) is 0.706. The second-order valence-electron chi connectivity index (χ2n) is 7.77. The van der Waals surface area contributed by atoms with E-state index in [1.54, 1.807) is 6.08 Å². The van der Waals surface area contributed by atoms with Crippen molar-refractivity contribution in [1.29, 1.82) is 0 Å². The highest BCUT2D eigenvalue weighted by molar-refractivity contribution is 9.09. The number of esters is 1. The van der Waals surface area contributed by atoms with E-state index in [1.165, 1.54) is 7.11 Å². The van der Waals surface area contributed by atoms with Gasteiger partial charge in [0.2, 0.25) is 0 Å². The lowest BCUT2D eigenvalue weighted by atomic mass is 9.93. The Morgan fingerprint density at radius 2 is 1.95 bits per heavy atom. The van der Waals surface area contributed by atoms with Gasteiger partial charge in [0.05, 0.1) is 12.7 Å². The monoisotopic (exact) mass is 388 g/mol. The molecule has 0 bridgehead atoms. The van der Waals surface area contributed by atoms with Crippen LogP contribution in [0.2, 0.25) is 18.1 Å². The summed E-state index contributed by atoms with van der Waals surface area (Å²) in [5.74, 6) is -0.229. The first-order valence-electron chi connectivity index (χ1n) is 7.56. The lowest BCUT2D eigenvalue weighted by molar-refractivity contribution is -0.149. The van der Waals surface area contributed by atoms with Gasteiger partial charge in [-0.3, -0.25) is 4.79 Å². The Morgan fingerprint density at radius 3 is 2.32 bits per heavy atom. The lowest BCUT2D eigenvalue weighted by Gasteiger charge is -2.40. The van der Waals surface area contributed by atoms with Crippen molar-refractivity contribution in [2.45, 2.75) is 57.3 Å². The van der Waals surface area contributed by atoms with Crippen LogP contribution in [0, 0.1) is 5.41 Å². The third-order valence-electron chi connectivity index (χ3n) is 5.14. The van der Waals surface area contributed by atoms with Crippen molar-refractivity contribution in [3.63, 3.8) is 0 Å². The molecule has 0 N–H and O–H groups in total. The van der Waals surface area contributed by atoms with E-state index in [0.29, 0.717) is 18.2 Å². The van der Waals surface area contributed by atoms with Gasteiger partial charge in [-0.15, -0.1) is 6.58 Å². The van der Waals surface area contributed by atoms with E-state index in [4.69, 9.17) is 9.16 Å². The number of methoxy groups -OCH3 is 1. The number of rotatable bonds is 7. The summed E-state index contributed by atoms with van der Waals surface area (Å²) in [6.07, 6.45) is 2.98. The van der Waals surface area contributed by atoms with Crippen LogP contribution in [0.25, 0.3) is 0 Å². The molecular formula is C17H29BrO3Si. The van der Waals surface area contributed by atoms with Crippen molar-refractivity contribution >= 4 is 30.2 Å². The Kier molecular flexibility index (Phi) is 5.58. The van der Waals surface area contributed by atoms with Gasteiger partial charge in [-0.2, -0.15) is 0 Å². The van der Waals surface area contributed by atoms with Gasteiger partial charge in [0, 0.05) is 5.33 Å². The topological polar surface area (TPSA) is 35.5 Å². The maximum atomic E-state index is 12.5. The second kappa shape index (κ2) is 6.25. The lowest BCUT2D eigenvalue weighted by Crippen LogP contribution is -2.47. The molecule has 0 amide bonds. The number of halogens is 1. The van der Waals surface area contributed by atoms with Gasteiger partial charge in [0.25, 0.3) is 0 Å². The van der Waals surface area contributed by atoms with Crippen molar-refractivity contribution in [2.24, 2.45) is 5.41 Å². The Hall–Kier alpha value is -0.393. The molecule has 0 spiro atoms. The van der Waals surface area contributed by atoms with Crippen molar-refractivity contribution in [2.75, 3.05) is 12.4 Å². The molecule has 3 nitrogen and oxygen atoms in total. The minimum Gasteiger partial charge on any atom is -0.468 e. The number of carbonyl (C=O) groups excluding carboxylic acids is 1. The van der Waals surface area contributed by atoms with Crippen LogP contribution in [0.15, 0.2) is 24.8 Å². The number of alkyl halides is 1. The van der Waals surface area contributed by atoms with Crippen LogP contribution in [0.5, 0.6) is 0 Å². The molecule has 0 radical (unpaired) electrons. The van der Waals surface area contributed by atoms with Crippen LogP contribution in [0.4, 0.5) is 0 Å². The largest absolute Gasteiger partial charge is 0.468 e. The molecule has 5 heteroatoms. The highest BCUT2D eigenvalue weighted by atomic mass is 79.9. The third-order valence-corrected chi connectivity index (χ3v) is 10.4. The predicted octanol–water partition coefficient (Wildman–Crippen LogP) is 4.84. The van der Waals surface area contributed by atoms with E-state index < -0.39 is 19.3 Å². The number of carbonyl (C=O) groups is 1. The van der Waals surface area contributed by atoms with Gasteiger partial charge in [0.15, 0.2) is 8.32 Å². The molecule has 2 unspecified atom stereocenters. The summed E-state index contributed by atoms with van der Waals surface area (Å²) in [7, 11) is -0.598. The van der Waals surface area contributed by atoms with Crippen molar-refractivity contribution < 1.29 is 14.0 Å². The molecule has 22 heavy (non-hydrogen) atoms. The number of hydrogen-bond acceptors (Lipinski definition) is 3. The third kappa shape index (κ3) is 3.26. The molecule has 1 fully saturated rings. The van der Waals surface area contributed by atoms with Crippen LogP contribution in [0.1, 0.15) is 33.6 Å². The SMILES string of the molecule is C=CC1(O[Si](C)(C)C(C)(C)C)CC1(CC(=C)CBr)C(=O)OC. The van der Waals surface area contributed by atoms with E-state index in [1.807, 2.05) is 0 Å². The first-order valence-corrected chi connectivity index (χ1v) is 11.6. The molecule has 0 heterocycles. The van der Waals surface area contributed by atoms with Gasteiger partial charge in [-0.05, 0) is 31.0 Å². The second-order valence-corrected chi connectivity index (χ2v) is 13.1. The average molecular weight is 389 g/mol. The van der Waals surface area contributed by atoms with Gasteiger partial charge < -0.3 is 9.16 Å². The van der Waals surface area contributed by atoms with E-state index in [0.717, 1.165) is 5.57 Å². The van der Waals surface area contributed by atoms with E-state index in [9.17, 15) is 4.79 Å². The molecule has 126 valence electrons. The molecule has 0 aliphatic heterocycles. The van der Waals surface area contributed by atoms with Crippen LogP contribution in [-0.4, -0.2) is 32.3 Å². The Bertz CT molecular complexity index is 481. The van der Waals surface area contributed by atoms with Crippen molar-refractivity contribution in [3.05, 3.63) is 24.8 Å². The zero-order valence-corrected chi connectivity index (χ0v) is 17.3. The highest BCUT2D eigenvalue weighted by Gasteiger charge is 2.73. The summed E-state index contributed by atoms with van der Waals surface area (Å²) >= 11 is 3.41. The minimum atomic E-state index is -2.03. The molecule has 1 aliphatic carbocycles. The summed E-state index contributed by atoms with van der Waals surface area (Å²) in [4.78, 5) is 12.5. The number of ether oxygens (including phenoxy) is 1. The van der Waals surface area contributed by atoms with Crippen molar-refractivity contribution in [1.82, 2.24) is 0 Å². The van der Waals surface area contributed by atoms with Crippen LogP contribution < -0.4 is 0 Å². The normalized spacial score (nSPS) is 28.1. The summed E-state index contributed by atoms with van der Waals surface area (Å²) in [6, 6.07) is 0. The summed E-state index contributed by atoms with van der Waals surface area (Å²) < 4.78 is 11.7. The van der Waals surface area contributed by atoms with Crippen LogP contribution in [0.3, 0.4) is 0 Å². The molecular weight excluding hydrogens is 360 g/mol. The zero-order valence-electron chi connectivity index (χ0n) is 14.7. The van der Waals surface area contributed by atoms with Crippen molar-refractivity contribution in [3.8, 4) is 0 Å². The number of hydrogen-bond donors (Lipinski definition) is 0. The van der Waals surface area contributed by atoms with E-state index in [-0.39, 0.29) is 11.0 Å².